The van der Waals surface area contributed by atoms with E-state index in [4.69, 9.17) is 16.3 Å². The van der Waals surface area contributed by atoms with E-state index in [-0.39, 0.29) is 23.7 Å². The van der Waals surface area contributed by atoms with Gasteiger partial charge in [-0.2, -0.15) is 5.26 Å². The van der Waals surface area contributed by atoms with Crippen molar-refractivity contribution >= 4 is 34.3 Å². The van der Waals surface area contributed by atoms with Crippen molar-refractivity contribution in [3.8, 4) is 11.8 Å². The highest BCUT2D eigenvalue weighted by Crippen LogP contribution is 2.34. The molecule has 2 heterocycles. The van der Waals surface area contributed by atoms with E-state index in [9.17, 15) is 20.0 Å². The molecule has 10 heteroatoms. The van der Waals surface area contributed by atoms with Crippen LogP contribution >= 0.6 is 11.6 Å². The molecular formula is C25H34ClN5O4. The summed E-state index contributed by atoms with van der Waals surface area (Å²) in [6, 6.07) is 5.76. The largest absolute Gasteiger partial charge is 0.495 e. The molecular weight excluding hydrogens is 470 g/mol. The molecule has 1 aromatic carbocycles. The zero-order valence-electron chi connectivity index (χ0n) is 20.6. The van der Waals surface area contributed by atoms with Crippen LogP contribution in [-0.4, -0.2) is 47.6 Å². The minimum absolute atomic E-state index is 0.0837. The van der Waals surface area contributed by atoms with E-state index in [1.165, 1.54) is 7.11 Å². The van der Waals surface area contributed by atoms with Gasteiger partial charge in [-0.05, 0) is 49.3 Å². The Morgan fingerprint density at radius 1 is 1.40 bits per heavy atom. The van der Waals surface area contributed by atoms with Crippen LogP contribution in [0, 0.1) is 22.7 Å². The van der Waals surface area contributed by atoms with Gasteiger partial charge >= 0.3 is 0 Å². The molecule has 4 unspecified atom stereocenters. The number of nitrogens with zero attached hydrogens (tertiary/aromatic N) is 1. The number of benzene rings is 1. The highest BCUT2D eigenvalue weighted by atomic mass is 35.5. The van der Waals surface area contributed by atoms with E-state index in [1.807, 2.05) is 20.8 Å². The number of piperidine rings is 1. The third-order valence-electron chi connectivity index (χ3n) is 6.12. The average molecular weight is 504 g/mol. The molecule has 0 radical (unpaired) electrons. The number of hydrogen-bond donors (Lipinski definition) is 5. The number of fused-ring (bicyclic) bond motifs is 1. The molecule has 1 saturated heterocycles. The molecule has 0 spiro atoms. The number of hydrogen-bond acceptors (Lipinski definition) is 6. The Balaban J connectivity index is 1.75. The van der Waals surface area contributed by atoms with E-state index >= 15 is 0 Å². The second-order valence-corrected chi connectivity index (χ2v) is 10.6. The first-order valence-electron chi connectivity index (χ1n) is 11.8. The van der Waals surface area contributed by atoms with Gasteiger partial charge in [0.2, 0.25) is 11.8 Å². The van der Waals surface area contributed by atoms with Crippen LogP contribution in [0.2, 0.25) is 5.02 Å². The van der Waals surface area contributed by atoms with Crippen LogP contribution in [-0.2, 0) is 9.59 Å². The van der Waals surface area contributed by atoms with Gasteiger partial charge in [-0.3, -0.25) is 14.9 Å². The topological polar surface area (TPSA) is 139 Å². The molecule has 190 valence electrons. The lowest BCUT2D eigenvalue weighted by Gasteiger charge is -2.29. The quantitative estimate of drug-likeness (QED) is 0.333. The molecule has 1 aromatic heterocycles. The highest BCUT2D eigenvalue weighted by molar-refractivity contribution is 6.37. The average Bonchev–Trinajstić information content (AvgIpc) is 3.24. The lowest BCUT2D eigenvalue weighted by molar-refractivity contribution is -0.128. The van der Waals surface area contributed by atoms with Crippen LogP contribution in [0.5, 0.6) is 5.75 Å². The van der Waals surface area contributed by atoms with Gasteiger partial charge in [-0.15, -0.1) is 0 Å². The van der Waals surface area contributed by atoms with Crippen LogP contribution in [0.25, 0.3) is 10.9 Å². The Bertz CT molecular complexity index is 1100. The fourth-order valence-electron chi connectivity index (χ4n) is 4.36. The van der Waals surface area contributed by atoms with Gasteiger partial charge in [0.25, 0.3) is 0 Å². The number of carbonyl (C=O) groups excluding carboxylic acids is 2. The Kier molecular flexibility index (Phi) is 8.65. The first kappa shape index (κ1) is 26.8. The number of aliphatic hydroxyl groups is 1. The lowest BCUT2D eigenvalue weighted by Crippen LogP contribution is -2.51. The van der Waals surface area contributed by atoms with Crippen LogP contribution < -0.4 is 20.7 Å². The van der Waals surface area contributed by atoms with E-state index < -0.39 is 24.2 Å². The van der Waals surface area contributed by atoms with E-state index in [0.29, 0.717) is 41.2 Å². The fourth-order valence-corrected chi connectivity index (χ4v) is 4.65. The number of aromatic amines is 1. The SMILES string of the molecule is COc1ccc2[nH]c(C(O)NC(CC(C)(C)C)C(=O)NC(C#N)CC3CCCNC3=O)cc2c1Cl. The van der Waals surface area contributed by atoms with Crippen molar-refractivity contribution in [2.75, 3.05) is 13.7 Å². The van der Waals surface area contributed by atoms with E-state index in [0.717, 1.165) is 11.9 Å². The molecule has 0 saturated carbocycles. The van der Waals surface area contributed by atoms with Crippen molar-refractivity contribution in [2.45, 2.75) is 64.8 Å². The third-order valence-corrected chi connectivity index (χ3v) is 6.51. The number of nitrogens with one attached hydrogen (secondary N) is 4. The first-order chi connectivity index (χ1) is 16.5. The van der Waals surface area contributed by atoms with Crippen molar-refractivity contribution in [3.63, 3.8) is 0 Å². The minimum Gasteiger partial charge on any atom is -0.495 e. The van der Waals surface area contributed by atoms with Crippen LogP contribution in [0.4, 0.5) is 0 Å². The van der Waals surface area contributed by atoms with Crippen LogP contribution in [0.3, 0.4) is 0 Å². The van der Waals surface area contributed by atoms with E-state index in [1.54, 1.807) is 18.2 Å². The van der Waals surface area contributed by atoms with Crippen molar-refractivity contribution in [1.82, 2.24) is 20.9 Å². The monoisotopic (exact) mass is 503 g/mol. The van der Waals surface area contributed by atoms with Gasteiger partial charge in [-0.25, -0.2) is 0 Å². The molecule has 3 rings (SSSR count). The van der Waals surface area contributed by atoms with Crippen LogP contribution in [0.15, 0.2) is 18.2 Å². The maximum absolute atomic E-state index is 13.2. The first-order valence-corrected chi connectivity index (χ1v) is 12.2. The molecule has 35 heavy (non-hydrogen) atoms. The number of halogens is 1. The predicted molar refractivity (Wildman–Crippen MR) is 134 cm³/mol. The maximum atomic E-state index is 13.2. The van der Waals surface area contributed by atoms with Gasteiger partial charge in [0.1, 0.15) is 18.0 Å². The van der Waals surface area contributed by atoms with Crippen LogP contribution in [0.1, 0.15) is 58.4 Å². The van der Waals surface area contributed by atoms with Crippen molar-refractivity contribution < 1.29 is 19.4 Å². The minimum atomic E-state index is -1.19. The second-order valence-electron chi connectivity index (χ2n) is 10.2. The van der Waals surface area contributed by atoms with Gasteiger partial charge in [0, 0.05) is 23.4 Å². The summed E-state index contributed by atoms with van der Waals surface area (Å²) in [5, 5.41) is 30.2. The zero-order valence-corrected chi connectivity index (χ0v) is 21.3. The highest BCUT2D eigenvalue weighted by Gasteiger charge is 2.31. The summed E-state index contributed by atoms with van der Waals surface area (Å²) in [4.78, 5) is 28.4. The lowest BCUT2D eigenvalue weighted by atomic mass is 9.87. The van der Waals surface area contributed by atoms with Gasteiger partial charge in [0.05, 0.1) is 29.9 Å². The summed E-state index contributed by atoms with van der Waals surface area (Å²) in [6.07, 6.45) is 1.01. The standard InChI is InChI=1S/C25H34ClN5O4/c1-25(2,3)12-19(24(34)29-15(13-27)10-14-6-5-9-28-22(14)32)31-23(33)18-11-16-17(30-18)7-8-20(35-4)21(16)26/h7-8,11,14-15,19,23,30-31,33H,5-6,9-10,12H2,1-4H3,(H,28,32)(H,29,34). The predicted octanol–water partition coefficient (Wildman–Crippen LogP) is 3.14. The molecule has 1 aliphatic rings. The summed E-state index contributed by atoms with van der Waals surface area (Å²) in [6.45, 7) is 6.61. The molecule has 2 amide bonds. The molecule has 5 N–H and O–H groups in total. The Hall–Kier alpha value is -2.80. The Morgan fingerprint density at radius 3 is 2.77 bits per heavy atom. The van der Waals surface area contributed by atoms with Crippen molar-refractivity contribution in [1.29, 1.82) is 5.26 Å². The van der Waals surface area contributed by atoms with Gasteiger partial charge in [-0.1, -0.05) is 32.4 Å². The fraction of sp³-hybridized carbons (Fsp3) is 0.560. The summed E-state index contributed by atoms with van der Waals surface area (Å²) < 4.78 is 5.25. The summed E-state index contributed by atoms with van der Waals surface area (Å²) in [5.41, 5.74) is 0.924. The van der Waals surface area contributed by atoms with Crippen molar-refractivity contribution in [3.05, 3.63) is 28.9 Å². The Morgan fingerprint density at radius 2 is 2.14 bits per heavy atom. The number of ether oxygens (including phenoxy) is 1. The van der Waals surface area contributed by atoms with Gasteiger partial charge in [0.15, 0.2) is 0 Å². The maximum Gasteiger partial charge on any atom is 0.238 e. The molecule has 0 aliphatic carbocycles. The number of amides is 2. The summed E-state index contributed by atoms with van der Waals surface area (Å²) >= 11 is 6.40. The summed E-state index contributed by atoms with van der Waals surface area (Å²) in [5.74, 6) is -0.273. The molecule has 0 bridgehead atoms. The number of aliphatic hydroxyl groups excluding tert-OH is 1. The number of aromatic nitrogens is 1. The van der Waals surface area contributed by atoms with Gasteiger partial charge < -0.3 is 25.5 Å². The number of H-pyrrole nitrogens is 1. The number of methoxy groups -OCH3 is 1. The molecule has 1 aliphatic heterocycles. The molecule has 4 atom stereocenters. The Labute approximate surface area is 210 Å². The number of rotatable bonds is 9. The van der Waals surface area contributed by atoms with Crippen molar-refractivity contribution in [2.24, 2.45) is 11.3 Å². The zero-order chi connectivity index (χ0) is 25.8. The molecule has 1 fully saturated rings. The second kappa shape index (κ2) is 11.3. The van der Waals surface area contributed by atoms with E-state index in [2.05, 4.69) is 27.0 Å². The number of carbonyl (C=O) groups is 2. The summed E-state index contributed by atoms with van der Waals surface area (Å²) in [7, 11) is 1.53. The smallest absolute Gasteiger partial charge is 0.238 e. The molecule has 2 aromatic rings. The molecule has 9 nitrogen and oxygen atoms in total. The third kappa shape index (κ3) is 6.88. The normalized spacial score (nSPS) is 18.9. The number of nitriles is 1.